The van der Waals surface area contributed by atoms with Gasteiger partial charge in [-0.15, -0.1) is 0 Å². The molecule has 4 aliphatic rings. The number of rotatable bonds is 28. The fourth-order valence-electron chi connectivity index (χ4n) is 12.5. The molecule has 10 atom stereocenters. The van der Waals surface area contributed by atoms with E-state index in [1.165, 1.54) is 167 Å². The zero-order chi connectivity index (χ0) is 36.4. The summed E-state index contributed by atoms with van der Waals surface area (Å²) in [5, 5.41) is 3.82. The molecule has 0 spiro atoms. The molecule has 3 unspecified atom stereocenters. The lowest BCUT2D eigenvalue weighted by atomic mass is 9.43. The molecule has 0 saturated heterocycles. The van der Waals surface area contributed by atoms with Gasteiger partial charge in [0.15, 0.2) is 0 Å². The van der Waals surface area contributed by atoms with Gasteiger partial charge in [-0.05, 0) is 156 Å². The lowest BCUT2D eigenvalue weighted by molar-refractivity contribution is -0.192. The second kappa shape index (κ2) is 23.7. The number of hydrogen-bond acceptors (Lipinski definition) is 5. The summed E-state index contributed by atoms with van der Waals surface area (Å²) in [7, 11) is 0. The van der Waals surface area contributed by atoms with Crippen molar-refractivity contribution in [3.8, 4) is 0 Å². The third kappa shape index (κ3) is 12.4. The monoisotopic (exact) mass is 716 g/mol. The molecular weight excluding hydrogens is 627 g/mol. The molecule has 0 radical (unpaired) electrons. The van der Waals surface area contributed by atoms with Gasteiger partial charge < -0.3 is 26.3 Å². The Morgan fingerprint density at radius 2 is 1.25 bits per heavy atom. The first kappa shape index (κ1) is 43.5. The van der Waals surface area contributed by atoms with E-state index in [1.54, 1.807) is 0 Å². The van der Waals surface area contributed by atoms with E-state index in [0.29, 0.717) is 23.0 Å². The van der Waals surface area contributed by atoms with Crippen LogP contribution in [0.5, 0.6) is 0 Å². The predicted molar refractivity (Wildman–Crippen MR) is 219 cm³/mol. The van der Waals surface area contributed by atoms with Crippen molar-refractivity contribution in [2.24, 2.45) is 57.8 Å². The van der Waals surface area contributed by atoms with Crippen molar-refractivity contribution in [1.29, 1.82) is 0 Å². The maximum absolute atomic E-state index is 6.99. The Morgan fingerprint density at radius 1 is 0.647 bits per heavy atom. The Balaban J connectivity index is 1.16. The third-order valence-corrected chi connectivity index (χ3v) is 15.5. The number of hydrogen-bond donors (Lipinski definition) is 3. The zero-order valence-corrected chi connectivity index (χ0v) is 34.7. The van der Waals surface area contributed by atoms with E-state index in [1.807, 2.05) is 0 Å². The summed E-state index contributed by atoms with van der Waals surface area (Å²) < 4.78 is 13.3. The van der Waals surface area contributed by atoms with Crippen molar-refractivity contribution < 1.29 is 9.47 Å². The number of unbranched alkanes of at least 4 members (excludes halogenated alkanes) is 13. The fraction of sp³-hybridized carbons (Fsp3) is 1.00. The Kier molecular flexibility index (Phi) is 20.2. The molecule has 0 aliphatic heterocycles. The molecule has 0 bridgehead atoms. The van der Waals surface area contributed by atoms with Gasteiger partial charge in [0.2, 0.25) is 0 Å². The van der Waals surface area contributed by atoms with Crippen molar-refractivity contribution in [3.63, 3.8) is 0 Å². The van der Waals surface area contributed by atoms with Crippen molar-refractivity contribution in [2.45, 2.75) is 207 Å². The summed E-state index contributed by atoms with van der Waals surface area (Å²) in [6, 6.07) is 0. The van der Waals surface area contributed by atoms with Gasteiger partial charge in [-0.1, -0.05) is 111 Å². The van der Waals surface area contributed by atoms with E-state index in [2.05, 4.69) is 33.0 Å². The van der Waals surface area contributed by atoms with Gasteiger partial charge in [-0.3, -0.25) is 0 Å². The second-order valence-electron chi connectivity index (χ2n) is 18.8. The van der Waals surface area contributed by atoms with Crippen molar-refractivity contribution >= 4 is 0 Å². The van der Waals surface area contributed by atoms with Crippen LogP contribution in [0.25, 0.3) is 0 Å². The molecule has 4 saturated carbocycles. The van der Waals surface area contributed by atoms with Crippen LogP contribution in [0, 0.1) is 46.3 Å². The van der Waals surface area contributed by atoms with Gasteiger partial charge >= 0.3 is 0 Å². The van der Waals surface area contributed by atoms with E-state index in [-0.39, 0.29) is 0 Å². The van der Waals surface area contributed by atoms with Crippen LogP contribution in [-0.2, 0) is 9.47 Å². The van der Waals surface area contributed by atoms with E-state index in [4.69, 9.17) is 20.9 Å². The van der Waals surface area contributed by atoms with Gasteiger partial charge in [0, 0.05) is 13.2 Å². The highest BCUT2D eigenvalue weighted by atomic mass is 16.5. The largest absolute Gasteiger partial charge is 0.378 e. The van der Waals surface area contributed by atoms with Gasteiger partial charge in [0.1, 0.15) is 0 Å². The summed E-state index contributed by atoms with van der Waals surface area (Å²) in [4.78, 5) is 0. The lowest BCUT2D eigenvalue weighted by Crippen LogP contribution is -2.59. The summed E-state index contributed by atoms with van der Waals surface area (Å²) in [6.45, 7) is 15.8. The molecule has 5 heteroatoms. The highest BCUT2D eigenvalue weighted by molar-refractivity contribution is 5.13. The van der Waals surface area contributed by atoms with E-state index >= 15 is 0 Å². The highest BCUT2D eigenvalue weighted by Crippen LogP contribution is 2.69. The topological polar surface area (TPSA) is 82.5 Å². The standard InChI is InChI=1S/C46H89N3O2/c1-5-6-7-8-9-10-11-12-13-14-15-16-17-18-31-49-32-19-22-37(2)41-25-26-42-40-24-23-38-35-39(50-33-20-29-47)27-28-45(38,3)43(40)36-44(46(41,42)4)51-34-21-30-48/h37-44,49H,5-36,47-48H2,1-4H3/t37-,38?,39-,40?,41-,42+,43+,44+,45+,46?/m1/s1. The molecule has 0 amide bonds. The first-order chi connectivity index (χ1) is 24.9. The molecule has 4 aliphatic carbocycles. The van der Waals surface area contributed by atoms with E-state index < -0.39 is 0 Å². The maximum atomic E-state index is 6.99. The van der Waals surface area contributed by atoms with Gasteiger partial charge in [-0.25, -0.2) is 0 Å². The summed E-state index contributed by atoms with van der Waals surface area (Å²) in [5.74, 6) is 4.86. The summed E-state index contributed by atoms with van der Waals surface area (Å²) >= 11 is 0. The molecule has 4 rings (SSSR count). The molecule has 5 nitrogen and oxygen atoms in total. The highest BCUT2D eigenvalue weighted by Gasteiger charge is 2.64. The van der Waals surface area contributed by atoms with Gasteiger partial charge in [0.05, 0.1) is 12.2 Å². The molecule has 0 aromatic heterocycles. The van der Waals surface area contributed by atoms with Crippen LogP contribution in [0.2, 0.25) is 0 Å². The Hall–Kier alpha value is -0.200. The fourth-order valence-corrected chi connectivity index (χ4v) is 12.5. The zero-order valence-electron chi connectivity index (χ0n) is 34.7. The van der Waals surface area contributed by atoms with E-state index in [9.17, 15) is 0 Å². The average molecular weight is 716 g/mol. The van der Waals surface area contributed by atoms with Crippen LogP contribution in [0.4, 0.5) is 0 Å². The van der Waals surface area contributed by atoms with E-state index in [0.717, 1.165) is 74.7 Å². The number of ether oxygens (including phenoxy) is 2. The van der Waals surface area contributed by atoms with Crippen LogP contribution in [0.1, 0.15) is 195 Å². The van der Waals surface area contributed by atoms with Crippen LogP contribution in [0.15, 0.2) is 0 Å². The molecule has 0 aromatic rings. The Labute approximate surface area is 318 Å². The van der Waals surface area contributed by atoms with Crippen LogP contribution < -0.4 is 16.8 Å². The molecular formula is C46H89N3O2. The maximum Gasteiger partial charge on any atom is 0.0637 e. The molecule has 51 heavy (non-hydrogen) atoms. The quantitative estimate of drug-likeness (QED) is 0.0703. The minimum atomic E-state index is 0.308. The van der Waals surface area contributed by atoms with Gasteiger partial charge in [0.25, 0.3) is 0 Å². The smallest absolute Gasteiger partial charge is 0.0637 e. The first-order valence-corrected chi connectivity index (χ1v) is 23.2. The molecule has 0 aromatic carbocycles. The van der Waals surface area contributed by atoms with Crippen LogP contribution in [-0.4, -0.2) is 51.6 Å². The number of fused-ring (bicyclic) bond motifs is 5. The molecule has 4 fully saturated rings. The molecule has 5 N–H and O–H groups in total. The third-order valence-electron chi connectivity index (χ3n) is 15.5. The number of nitrogens with two attached hydrogens (primary N) is 2. The lowest BCUT2D eigenvalue weighted by Gasteiger charge is -2.63. The van der Waals surface area contributed by atoms with Crippen molar-refractivity contribution in [1.82, 2.24) is 5.32 Å². The summed E-state index contributed by atoms with van der Waals surface area (Å²) in [6.07, 6.45) is 36.3. The van der Waals surface area contributed by atoms with Crippen LogP contribution >= 0.6 is 0 Å². The van der Waals surface area contributed by atoms with Crippen LogP contribution in [0.3, 0.4) is 0 Å². The summed E-state index contributed by atoms with van der Waals surface area (Å²) in [5.41, 5.74) is 12.5. The minimum absolute atomic E-state index is 0.308. The van der Waals surface area contributed by atoms with Gasteiger partial charge in [-0.2, -0.15) is 0 Å². The first-order valence-electron chi connectivity index (χ1n) is 23.2. The Morgan fingerprint density at radius 3 is 1.90 bits per heavy atom. The predicted octanol–water partition coefficient (Wildman–Crippen LogP) is 11.2. The molecule has 0 heterocycles. The second-order valence-corrected chi connectivity index (χ2v) is 18.8. The minimum Gasteiger partial charge on any atom is -0.378 e. The van der Waals surface area contributed by atoms with Crippen molar-refractivity contribution in [3.05, 3.63) is 0 Å². The molecule has 300 valence electrons. The normalized spacial score (nSPS) is 33.9. The van der Waals surface area contributed by atoms with Crippen molar-refractivity contribution in [2.75, 3.05) is 39.4 Å². The average Bonchev–Trinajstić information content (AvgIpc) is 3.49. The number of nitrogens with one attached hydrogen (secondary N) is 1. The SMILES string of the molecule is CCCCCCCCCCCCCCCCNCCC[C@@H](C)[C@H]1CC[C@H]2C3CCC4C[C@H](OCCCN)CC[C@]4(C)[C@H]3C[C@H](OCCCN)C12C. The Bertz CT molecular complexity index is 902.